The maximum atomic E-state index is 13.8. The molecule has 0 fully saturated rings. The Bertz CT molecular complexity index is 1200. The van der Waals surface area contributed by atoms with Crippen molar-refractivity contribution in [2.24, 2.45) is 0 Å². The first kappa shape index (κ1) is 22.1. The quantitative estimate of drug-likeness (QED) is 0.503. The van der Waals surface area contributed by atoms with Crippen molar-refractivity contribution >= 4 is 34.4 Å². The molecule has 0 radical (unpaired) electrons. The third kappa shape index (κ3) is 4.07. The summed E-state index contributed by atoms with van der Waals surface area (Å²) < 4.78 is 5.28. The van der Waals surface area contributed by atoms with Crippen LogP contribution in [0.4, 0.5) is 17.1 Å². The van der Waals surface area contributed by atoms with Crippen LogP contribution in [0.3, 0.4) is 0 Å². The molecule has 33 heavy (non-hydrogen) atoms. The second-order valence-electron chi connectivity index (χ2n) is 7.89. The highest BCUT2D eigenvalue weighted by molar-refractivity contribution is 6.46. The predicted octanol–water partition coefficient (Wildman–Crippen LogP) is 4.57. The van der Waals surface area contributed by atoms with Crippen LogP contribution in [0.25, 0.3) is 5.57 Å². The number of hydrogen-bond donors (Lipinski definition) is 0. The molecule has 3 aromatic rings. The molecule has 2 amide bonds. The van der Waals surface area contributed by atoms with Crippen LogP contribution in [0, 0.1) is 0 Å². The molecule has 1 heterocycles. The lowest BCUT2D eigenvalue weighted by molar-refractivity contribution is -0.120. The summed E-state index contributed by atoms with van der Waals surface area (Å²) in [6.45, 7) is 2.50. The normalized spacial score (nSPS) is 13.5. The topological polar surface area (TPSA) is 53.1 Å². The van der Waals surface area contributed by atoms with E-state index in [4.69, 9.17) is 4.74 Å². The molecule has 1 aliphatic heterocycles. The highest BCUT2D eigenvalue weighted by atomic mass is 16.5. The van der Waals surface area contributed by atoms with Crippen molar-refractivity contribution in [1.29, 1.82) is 0 Å². The molecule has 0 N–H and O–H groups in total. The van der Waals surface area contributed by atoms with E-state index in [0.29, 0.717) is 34.8 Å². The first-order chi connectivity index (χ1) is 16.0. The van der Waals surface area contributed by atoms with Gasteiger partial charge in [-0.1, -0.05) is 36.4 Å². The van der Waals surface area contributed by atoms with Crippen LogP contribution < -0.4 is 19.4 Å². The largest absolute Gasteiger partial charge is 0.497 e. The van der Waals surface area contributed by atoms with E-state index in [2.05, 4.69) is 0 Å². The molecule has 0 atom stereocenters. The Labute approximate surface area is 194 Å². The van der Waals surface area contributed by atoms with E-state index in [1.165, 1.54) is 4.90 Å². The number of methoxy groups -OCH3 is 1. The van der Waals surface area contributed by atoms with Crippen molar-refractivity contribution in [2.75, 3.05) is 42.4 Å². The number of carbonyl (C=O) groups excluding carboxylic acids is 2. The second-order valence-corrected chi connectivity index (χ2v) is 7.89. The molecule has 168 valence electrons. The third-order valence-electron chi connectivity index (χ3n) is 5.70. The highest BCUT2D eigenvalue weighted by Gasteiger charge is 2.42. The lowest BCUT2D eigenvalue weighted by Crippen LogP contribution is -2.35. The van der Waals surface area contributed by atoms with Crippen molar-refractivity contribution in [2.45, 2.75) is 6.92 Å². The zero-order valence-electron chi connectivity index (χ0n) is 19.3. The number of ether oxygens (including phenoxy) is 1. The van der Waals surface area contributed by atoms with E-state index >= 15 is 0 Å². The van der Waals surface area contributed by atoms with Gasteiger partial charge in [0.15, 0.2) is 0 Å². The van der Waals surface area contributed by atoms with Gasteiger partial charge in [0, 0.05) is 32.0 Å². The zero-order valence-corrected chi connectivity index (χ0v) is 19.3. The van der Waals surface area contributed by atoms with Crippen molar-refractivity contribution in [3.05, 3.63) is 90.1 Å². The van der Waals surface area contributed by atoms with Crippen molar-refractivity contribution in [3.8, 4) is 5.75 Å². The summed E-state index contributed by atoms with van der Waals surface area (Å²) in [4.78, 5) is 32.7. The molecule has 0 saturated heterocycles. The maximum absolute atomic E-state index is 13.8. The first-order valence-corrected chi connectivity index (χ1v) is 10.8. The average Bonchev–Trinajstić information content (AvgIpc) is 3.10. The summed E-state index contributed by atoms with van der Waals surface area (Å²) >= 11 is 0. The lowest BCUT2D eigenvalue weighted by atomic mass is 10.0. The number of rotatable bonds is 7. The Morgan fingerprint density at radius 3 is 2.09 bits per heavy atom. The Balaban J connectivity index is 1.88. The smallest absolute Gasteiger partial charge is 0.282 e. The van der Waals surface area contributed by atoms with Crippen molar-refractivity contribution in [1.82, 2.24) is 0 Å². The number of nitrogens with zero attached hydrogens (tertiary/aromatic N) is 3. The summed E-state index contributed by atoms with van der Waals surface area (Å²) in [6, 6.07) is 24.3. The number of likely N-dealkylation sites (N-methyl/N-ethyl adjacent to an activating group) is 1. The Hall–Kier alpha value is -4.06. The second kappa shape index (κ2) is 9.20. The monoisotopic (exact) mass is 441 g/mol. The van der Waals surface area contributed by atoms with Crippen LogP contribution in [-0.4, -0.2) is 39.6 Å². The fourth-order valence-electron chi connectivity index (χ4n) is 4.01. The molecule has 3 aromatic carbocycles. The fraction of sp³-hybridized carbons (Fsp3) is 0.185. The van der Waals surface area contributed by atoms with E-state index in [1.54, 1.807) is 25.3 Å². The lowest BCUT2D eigenvalue weighted by Gasteiger charge is -2.25. The standard InChI is InChI=1S/C27H27N3O3/c1-5-29(20-10-7-6-8-11-20)25-24(19-14-16-23(33-4)17-15-19)26(31)30(27(25)32)22-13-9-12-21(18-22)28(2)3/h6-18H,5H2,1-4H3. The number of hydrogen-bond acceptors (Lipinski definition) is 5. The molecule has 0 unspecified atom stereocenters. The minimum absolute atomic E-state index is 0.340. The number of para-hydroxylation sites is 1. The molecule has 0 bridgehead atoms. The minimum atomic E-state index is -0.342. The van der Waals surface area contributed by atoms with Crippen LogP contribution in [-0.2, 0) is 9.59 Å². The van der Waals surface area contributed by atoms with Crippen LogP contribution in [0.1, 0.15) is 12.5 Å². The van der Waals surface area contributed by atoms with E-state index < -0.39 is 0 Å². The molecule has 1 aliphatic rings. The molecule has 0 spiro atoms. The van der Waals surface area contributed by atoms with Gasteiger partial charge in [0.25, 0.3) is 11.8 Å². The summed E-state index contributed by atoms with van der Waals surface area (Å²) in [5, 5.41) is 0. The summed E-state index contributed by atoms with van der Waals surface area (Å²) in [5.74, 6) is 0.00139. The third-order valence-corrected chi connectivity index (χ3v) is 5.70. The molecule has 0 saturated carbocycles. The number of anilines is 3. The van der Waals surface area contributed by atoms with E-state index in [0.717, 1.165) is 11.4 Å². The zero-order chi connectivity index (χ0) is 23.5. The highest BCUT2D eigenvalue weighted by Crippen LogP contribution is 2.37. The van der Waals surface area contributed by atoms with Crippen LogP contribution in [0.15, 0.2) is 84.6 Å². The summed E-state index contributed by atoms with van der Waals surface area (Å²) in [5.41, 5.74) is 3.72. The molecular weight excluding hydrogens is 414 g/mol. The Kier molecular flexibility index (Phi) is 6.18. The number of imide groups is 1. The van der Waals surface area contributed by atoms with Gasteiger partial charge in [-0.3, -0.25) is 9.59 Å². The van der Waals surface area contributed by atoms with Gasteiger partial charge in [-0.15, -0.1) is 0 Å². The van der Waals surface area contributed by atoms with Gasteiger partial charge in [-0.2, -0.15) is 0 Å². The number of benzene rings is 3. The molecule has 6 heteroatoms. The van der Waals surface area contributed by atoms with Gasteiger partial charge < -0.3 is 14.5 Å². The van der Waals surface area contributed by atoms with Crippen LogP contribution in [0.2, 0.25) is 0 Å². The number of carbonyl (C=O) groups is 2. The van der Waals surface area contributed by atoms with Crippen LogP contribution >= 0.6 is 0 Å². The molecular formula is C27H27N3O3. The molecule has 0 aliphatic carbocycles. The van der Waals surface area contributed by atoms with Gasteiger partial charge in [0.05, 0.1) is 18.4 Å². The van der Waals surface area contributed by atoms with Crippen molar-refractivity contribution < 1.29 is 14.3 Å². The summed E-state index contributed by atoms with van der Waals surface area (Å²) in [6.07, 6.45) is 0. The Morgan fingerprint density at radius 1 is 0.818 bits per heavy atom. The van der Waals surface area contributed by atoms with E-state index in [9.17, 15) is 9.59 Å². The maximum Gasteiger partial charge on any atom is 0.282 e. The van der Waals surface area contributed by atoms with Gasteiger partial charge in [0.2, 0.25) is 0 Å². The van der Waals surface area contributed by atoms with E-state index in [-0.39, 0.29) is 11.8 Å². The minimum Gasteiger partial charge on any atom is -0.497 e. The van der Waals surface area contributed by atoms with Gasteiger partial charge in [-0.05, 0) is 55.0 Å². The van der Waals surface area contributed by atoms with Gasteiger partial charge in [-0.25, -0.2) is 4.90 Å². The van der Waals surface area contributed by atoms with Gasteiger partial charge in [0.1, 0.15) is 11.4 Å². The fourth-order valence-corrected chi connectivity index (χ4v) is 4.01. The Morgan fingerprint density at radius 2 is 1.48 bits per heavy atom. The average molecular weight is 442 g/mol. The first-order valence-electron chi connectivity index (χ1n) is 10.8. The number of amides is 2. The predicted molar refractivity (Wildman–Crippen MR) is 133 cm³/mol. The molecule has 6 nitrogen and oxygen atoms in total. The molecule has 4 rings (SSSR count). The van der Waals surface area contributed by atoms with Gasteiger partial charge >= 0.3 is 0 Å². The summed E-state index contributed by atoms with van der Waals surface area (Å²) in [7, 11) is 5.44. The van der Waals surface area contributed by atoms with Crippen molar-refractivity contribution in [3.63, 3.8) is 0 Å². The van der Waals surface area contributed by atoms with E-state index in [1.807, 2.05) is 91.5 Å². The molecule has 0 aromatic heterocycles. The SMILES string of the molecule is CCN(C1=C(c2ccc(OC)cc2)C(=O)N(c2cccc(N(C)C)c2)C1=O)c1ccccc1. The van der Waals surface area contributed by atoms with Crippen LogP contribution in [0.5, 0.6) is 5.75 Å².